The standard InChI is InChI=1S/C26H29N5O3/c1-13-14(2)33-25(32)17-8-9-21(31-23(13)17)30-22-10-18-19(11-28-22)24(34-16-6-7-16)29-12-20(18)26(3,27)15-4-5-15/h8-16H,4-7,27H2,1-3H3,(H,28,30,31)/t13-,14-,26+/m0/s1. The molecule has 176 valence electrons. The van der Waals surface area contributed by atoms with Crippen molar-refractivity contribution in [3.05, 3.63) is 47.4 Å². The van der Waals surface area contributed by atoms with E-state index < -0.39 is 5.54 Å². The van der Waals surface area contributed by atoms with Crippen molar-refractivity contribution in [2.45, 2.75) is 70.1 Å². The van der Waals surface area contributed by atoms with Gasteiger partial charge in [-0.25, -0.2) is 19.7 Å². The largest absolute Gasteiger partial charge is 0.474 e. The lowest BCUT2D eigenvalue weighted by atomic mass is 9.86. The number of nitrogens with one attached hydrogen (secondary N) is 1. The van der Waals surface area contributed by atoms with Gasteiger partial charge >= 0.3 is 5.97 Å². The summed E-state index contributed by atoms with van der Waals surface area (Å²) in [4.78, 5) is 26.2. The minimum Gasteiger partial charge on any atom is -0.474 e. The van der Waals surface area contributed by atoms with Crippen LogP contribution in [0.25, 0.3) is 10.8 Å². The van der Waals surface area contributed by atoms with Gasteiger partial charge in [0.1, 0.15) is 23.8 Å². The van der Waals surface area contributed by atoms with E-state index in [0.29, 0.717) is 29.0 Å². The molecule has 8 nitrogen and oxygen atoms in total. The molecule has 0 amide bonds. The van der Waals surface area contributed by atoms with Crippen molar-refractivity contribution in [3.63, 3.8) is 0 Å². The third-order valence-electron chi connectivity index (χ3n) is 7.37. The zero-order valence-electron chi connectivity index (χ0n) is 19.7. The van der Waals surface area contributed by atoms with Crippen LogP contribution < -0.4 is 15.8 Å². The van der Waals surface area contributed by atoms with Gasteiger partial charge in [-0.05, 0) is 74.6 Å². The van der Waals surface area contributed by atoms with Crippen LogP contribution in [0.3, 0.4) is 0 Å². The molecule has 3 atom stereocenters. The van der Waals surface area contributed by atoms with Crippen molar-refractivity contribution in [1.29, 1.82) is 0 Å². The average Bonchev–Trinajstić information content (AvgIpc) is 3.71. The monoisotopic (exact) mass is 459 g/mol. The van der Waals surface area contributed by atoms with Crippen LogP contribution in [0, 0.1) is 5.92 Å². The summed E-state index contributed by atoms with van der Waals surface area (Å²) < 4.78 is 11.5. The first kappa shape index (κ1) is 21.3. The number of anilines is 2. The molecule has 34 heavy (non-hydrogen) atoms. The first-order valence-electron chi connectivity index (χ1n) is 12.0. The number of nitrogens with zero attached hydrogens (tertiary/aromatic N) is 3. The van der Waals surface area contributed by atoms with Crippen LogP contribution in [0.2, 0.25) is 0 Å². The topological polar surface area (TPSA) is 112 Å². The molecular weight excluding hydrogens is 430 g/mol. The zero-order valence-corrected chi connectivity index (χ0v) is 19.7. The Morgan fingerprint density at radius 2 is 1.88 bits per heavy atom. The molecular formula is C26H29N5O3. The quantitative estimate of drug-likeness (QED) is 0.516. The molecule has 0 bridgehead atoms. The highest BCUT2D eigenvalue weighted by molar-refractivity contribution is 5.93. The Morgan fingerprint density at radius 1 is 1.09 bits per heavy atom. The molecule has 4 heterocycles. The van der Waals surface area contributed by atoms with E-state index in [-0.39, 0.29) is 24.1 Å². The summed E-state index contributed by atoms with van der Waals surface area (Å²) >= 11 is 0. The molecule has 3 N–H and O–H groups in total. The third kappa shape index (κ3) is 3.66. The fourth-order valence-electron chi connectivity index (χ4n) is 4.70. The number of carbonyl (C=O) groups is 1. The number of nitrogens with two attached hydrogens (primary N) is 1. The maximum atomic E-state index is 12.2. The highest BCUT2D eigenvalue weighted by atomic mass is 16.5. The lowest BCUT2D eigenvalue weighted by Crippen LogP contribution is -2.35. The molecule has 0 radical (unpaired) electrons. The predicted molar refractivity (Wildman–Crippen MR) is 128 cm³/mol. The summed E-state index contributed by atoms with van der Waals surface area (Å²) in [5.74, 6) is 2.02. The van der Waals surface area contributed by atoms with E-state index in [2.05, 4.69) is 22.2 Å². The smallest absolute Gasteiger partial charge is 0.340 e. The molecule has 3 aliphatic rings. The minimum absolute atomic E-state index is 0.00955. The third-order valence-corrected chi connectivity index (χ3v) is 7.37. The predicted octanol–water partition coefficient (Wildman–Crippen LogP) is 4.56. The molecule has 0 aromatic carbocycles. The van der Waals surface area contributed by atoms with E-state index in [0.717, 1.165) is 47.7 Å². The van der Waals surface area contributed by atoms with E-state index in [9.17, 15) is 4.79 Å². The number of aromatic nitrogens is 3. The molecule has 0 spiro atoms. The van der Waals surface area contributed by atoms with Gasteiger partial charge in [-0.15, -0.1) is 0 Å². The number of pyridine rings is 3. The van der Waals surface area contributed by atoms with Crippen LogP contribution in [-0.2, 0) is 10.3 Å². The molecule has 0 unspecified atom stereocenters. The summed E-state index contributed by atoms with van der Waals surface area (Å²) in [5, 5.41) is 5.18. The van der Waals surface area contributed by atoms with E-state index in [4.69, 9.17) is 20.2 Å². The number of ether oxygens (including phenoxy) is 2. The molecule has 3 aromatic heterocycles. The fraction of sp³-hybridized carbons (Fsp3) is 0.462. The molecule has 2 aliphatic carbocycles. The first-order valence-corrected chi connectivity index (χ1v) is 12.0. The lowest BCUT2D eigenvalue weighted by molar-refractivity contribution is 0.0235. The number of rotatable bonds is 6. The van der Waals surface area contributed by atoms with Crippen molar-refractivity contribution in [3.8, 4) is 5.88 Å². The molecule has 6 rings (SSSR count). The second-order valence-corrected chi connectivity index (χ2v) is 10.1. The maximum Gasteiger partial charge on any atom is 0.340 e. The zero-order chi connectivity index (χ0) is 23.6. The van der Waals surface area contributed by atoms with Crippen LogP contribution in [-0.4, -0.2) is 33.1 Å². The van der Waals surface area contributed by atoms with Gasteiger partial charge in [0.15, 0.2) is 0 Å². The Labute approximate surface area is 198 Å². The fourth-order valence-corrected chi connectivity index (χ4v) is 4.70. The van der Waals surface area contributed by atoms with Gasteiger partial charge in [0.2, 0.25) is 5.88 Å². The average molecular weight is 460 g/mol. The molecule has 0 saturated heterocycles. The second-order valence-electron chi connectivity index (χ2n) is 10.1. The van der Waals surface area contributed by atoms with Crippen LogP contribution in [0.4, 0.5) is 11.6 Å². The maximum absolute atomic E-state index is 12.2. The molecule has 3 aromatic rings. The van der Waals surface area contributed by atoms with Crippen LogP contribution >= 0.6 is 0 Å². The summed E-state index contributed by atoms with van der Waals surface area (Å²) in [7, 11) is 0. The molecule has 2 saturated carbocycles. The summed E-state index contributed by atoms with van der Waals surface area (Å²) in [5.41, 5.74) is 8.60. The van der Waals surface area contributed by atoms with Gasteiger partial charge in [-0.2, -0.15) is 0 Å². The molecule has 2 fully saturated rings. The van der Waals surface area contributed by atoms with Gasteiger partial charge in [-0.1, -0.05) is 6.92 Å². The highest BCUT2D eigenvalue weighted by Crippen LogP contribution is 2.46. The lowest BCUT2D eigenvalue weighted by Gasteiger charge is -2.27. The number of esters is 1. The van der Waals surface area contributed by atoms with Crippen LogP contribution in [0.15, 0.2) is 30.6 Å². The van der Waals surface area contributed by atoms with Crippen molar-refractivity contribution >= 4 is 28.4 Å². The highest BCUT2D eigenvalue weighted by Gasteiger charge is 2.41. The van der Waals surface area contributed by atoms with E-state index in [1.807, 2.05) is 26.1 Å². The van der Waals surface area contributed by atoms with E-state index in [1.54, 1.807) is 18.3 Å². The van der Waals surface area contributed by atoms with Crippen LogP contribution in [0.1, 0.15) is 74.0 Å². The van der Waals surface area contributed by atoms with Crippen LogP contribution in [0.5, 0.6) is 5.88 Å². The Balaban J connectivity index is 1.39. The Bertz CT molecular complexity index is 1300. The van der Waals surface area contributed by atoms with Crippen molar-refractivity contribution < 1.29 is 14.3 Å². The number of carbonyl (C=O) groups excluding carboxylic acids is 1. The Kier molecular flexibility index (Phi) is 4.78. The summed E-state index contributed by atoms with van der Waals surface area (Å²) in [6, 6.07) is 5.54. The second kappa shape index (κ2) is 7.63. The van der Waals surface area contributed by atoms with Gasteiger partial charge in [-0.3, -0.25) is 0 Å². The number of fused-ring (bicyclic) bond motifs is 2. The first-order chi connectivity index (χ1) is 16.3. The van der Waals surface area contributed by atoms with E-state index >= 15 is 0 Å². The van der Waals surface area contributed by atoms with Crippen molar-refractivity contribution in [1.82, 2.24) is 15.0 Å². The van der Waals surface area contributed by atoms with Crippen molar-refractivity contribution in [2.24, 2.45) is 11.7 Å². The van der Waals surface area contributed by atoms with Gasteiger partial charge in [0, 0.05) is 23.9 Å². The van der Waals surface area contributed by atoms with Gasteiger partial charge in [0.05, 0.1) is 16.6 Å². The van der Waals surface area contributed by atoms with Crippen molar-refractivity contribution in [2.75, 3.05) is 5.32 Å². The molecule has 1 aliphatic heterocycles. The summed E-state index contributed by atoms with van der Waals surface area (Å²) in [6.07, 6.45) is 8.07. The minimum atomic E-state index is -0.474. The Morgan fingerprint density at radius 3 is 2.62 bits per heavy atom. The van der Waals surface area contributed by atoms with E-state index in [1.165, 1.54) is 0 Å². The summed E-state index contributed by atoms with van der Waals surface area (Å²) in [6.45, 7) is 5.99. The normalized spacial score (nSPS) is 23.7. The molecule has 8 heteroatoms. The van der Waals surface area contributed by atoms with Gasteiger partial charge < -0.3 is 20.5 Å². The number of hydrogen-bond acceptors (Lipinski definition) is 8. The van der Waals surface area contributed by atoms with Gasteiger partial charge in [0.25, 0.3) is 0 Å². The SMILES string of the molecule is C[C@@H]1OC(=O)c2ccc(Nc3cc4c([C@](C)(N)C5CC5)cnc(OC5CC5)c4cn3)nc2[C@H]1C. The number of hydrogen-bond donors (Lipinski definition) is 2. The Hall–Kier alpha value is -3.26. The number of cyclic esters (lactones) is 1.